The molecular formula is C11H16N2O. The molecule has 3 nitrogen and oxygen atoms in total. The molecule has 0 bridgehead atoms. The Hall–Kier alpha value is -1.27. The molecule has 76 valence electrons. The van der Waals surface area contributed by atoms with Gasteiger partial charge in [-0.25, -0.2) is 4.98 Å². The van der Waals surface area contributed by atoms with Gasteiger partial charge in [-0.3, -0.25) is 0 Å². The first-order chi connectivity index (χ1) is 6.88. The van der Waals surface area contributed by atoms with Gasteiger partial charge in [0.15, 0.2) is 5.82 Å². The molecule has 0 spiro atoms. The average molecular weight is 192 g/mol. The lowest BCUT2D eigenvalue weighted by atomic mass is 10.3. The van der Waals surface area contributed by atoms with Crippen molar-refractivity contribution in [1.29, 1.82) is 0 Å². The lowest BCUT2D eigenvalue weighted by Crippen LogP contribution is -1.98. The van der Waals surface area contributed by atoms with Gasteiger partial charge in [0.25, 0.3) is 0 Å². The minimum atomic E-state index is 0.206. The van der Waals surface area contributed by atoms with Crippen molar-refractivity contribution in [2.75, 3.05) is 6.61 Å². The fourth-order valence-corrected chi connectivity index (χ4v) is 1.16. The number of rotatable bonds is 4. The Balaban J connectivity index is 2.55. The second kappa shape index (κ2) is 6.22. The summed E-state index contributed by atoms with van der Waals surface area (Å²) >= 11 is 0. The standard InChI is InChI=1S/C11H16N2O/c1-2-8-13-9-7-12-11(13)6-4-3-5-10-14/h7,9,14H,2-3,5,8,10H2,1H3. The molecule has 0 atom stereocenters. The van der Waals surface area contributed by atoms with E-state index in [4.69, 9.17) is 5.11 Å². The van der Waals surface area contributed by atoms with Crippen molar-refractivity contribution in [3.05, 3.63) is 18.2 Å². The monoisotopic (exact) mass is 192 g/mol. The van der Waals surface area contributed by atoms with E-state index in [1.54, 1.807) is 6.20 Å². The van der Waals surface area contributed by atoms with E-state index >= 15 is 0 Å². The van der Waals surface area contributed by atoms with Gasteiger partial charge in [0.2, 0.25) is 0 Å². The fraction of sp³-hybridized carbons (Fsp3) is 0.545. The van der Waals surface area contributed by atoms with Crippen LogP contribution in [-0.2, 0) is 6.54 Å². The summed E-state index contributed by atoms with van der Waals surface area (Å²) in [6, 6.07) is 0. The third kappa shape index (κ3) is 3.23. The van der Waals surface area contributed by atoms with E-state index in [0.717, 1.165) is 31.6 Å². The van der Waals surface area contributed by atoms with Crippen molar-refractivity contribution in [3.63, 3.8) is 0 Å². The highest BCUT2D eigenvalue weighted by atomic mass is 16.2. The van der Waals surface area contributed by atoms with Gasteiger partial charge in [0.1, 0.15) is 0 Å². The zero-order valence-corrected chi connectivity index (χ0v) is 8.53. The minimum absolute atomic E-state index is 0.206. The predicted molar refractivity (Wildman–Crippen MR) is 55.7 cm³/mol. The van der Waals surface area contributed by atoms with Crippen LogP contribution in [0.25, 0.3) is 0 Å². The molecule has 1 aromatic heterocycles. The van der Waals surface area contributed by atoms with E-state index in [0.29, 0.717) is 0 Å². The largest absolute Gasteiger partial charge is 0.396 e. The van der Waals surface area contributed by atoms with E-state index in [9.17, 15) is 0 Å². The van der Waals surface area contributed by atoms with Gasteiger partial charge in [-0.05, 0) is 18.8 Å². The van der Waals surface area contributed by atoms with Crippen molar-refractivity contribution in [1.82, 2.24) is 9.55 Å². The lowest BCUT2D eigenvalue weighted by molar-refractivity contribution is 0.290. The summed E-state index contributed by atoms with van der Waals surface area (Å²) in [5.74, 6) is 6.82. The molecule has 0 saturated heterocycles. The SMILES string of the molecule is CCCn1ccnc1C#CCCCO. The Morgan fingerprint density at radius 2 is 2.43 bits per heavy atom. The van der Waals surface area contributed by atoms with Crippen molar-refractivity contribution in [2.24, 2.45) is 0 Å². The fourth-order valence-electron chi connectivity index (χ4n) is 1.16. The number of hydrogen-bond acceptors (Lipinski definition) is 2. The normalized spacial score (nSPS) is 9.57. The van der Waals surface area contributed by atoms with Crippen LogP contribution in [0.2, 0.25) is 0 Å². The van der Waals surface area contributed by atoms with Crippen LogP contribution in [0.5, 0.6) is 0 Å². The number of unbranched alkanes of at least 4 members (excludes halogenated alkanes) is 1. The molecule has 1 N–H and O–H groups in total. The Kier molecular flexibility index (Phi) is 4.81. The van der Waals surface area contributed by atoms with Crippen LogP contribution in [0.3, 0.4) is 0 Å². The van der Waals surface area contributed by atoms with E-state index in [1.807, 2.05) is 10.8 Å². The summed E-state index contributed by atoms with van der Waals surface area (Å²) in [4.78, 5) is 4.16. The Bertz CT molecular complexity index is 320. The molecule has 3 heteroatoms. The smallest absolute Gasteiger partial charge is 0.185 e. The number of hydrogen-bond donors (Lipinski definition) is 1. The van der Waals surface area contributed by atoms with E-state index in [-0.39, 0.29) is 6.61 Å². The van der Waals surface area contributed by atoms with Crippen LogP contribution in [-0.4, -0.2) is 21.3 Å². The summed E-state index contributed by atoms with van der Waals surface area (Å²) in [6.45, 7) is 3.30. The van der Waals surface area contributed by atoms with Gasteiger partial charge in [0.05, 0.1) is 0 Å². The van der Waals surface area contributed by atoms with E-state index in [2.05, 4.69) is 23.7 Å². The van der Waals surface area contributed by atoms with Gasteiger partial charge in [0, 0.05) is 32.0 Å². The zero-order chi connectivity index (χ0) is 10.2. The summed E-state index contributed by atoms with van der Waals surface area (Å²) in [5.41, 5.74) is 0. The summed E-state index contributed by atoms with van der Waals surface area (Å²) < 4.78 is 2.05. The molecule has 0 saturated carbocycles. The molecule has 0 amide bonds. The number of aliphatic hydroxyl groups is 1. The highest BCUT2D eigenvalue weighted by Crippen LogP contribution is 1.97. The zero-order valence-electron chi connectivity index (χ0n) is 8.53. The third-order valence-electron chi connectivity index (χ3n) is 1.84. The quantitative estimate of drug-likeness (QED) is 0.578. The maximum absolute atomic E-state index is 8.57. The highest BCUT2D eigenvalue weighted by Gasteiger charge is 1.95. The molecule has 0 aliphatic rings. The molecule has 0 aromatic carbocycles. The first kappa shape index (κ1) is 10.8. The van der Waals surface area contributed by atoms with Crippen LogP contribution in [0, 0.1) is 11.8 Å². The summed E-state index contributed by atoms with van der Waals surface area (Å²) in [7, 11) is 0. The molecule has 1 rings (SSSR count). The van der Waals surface area contributed by atoms with Crippen molar-refractivity contribution in [2.45, 2.75) is 32.7 Å². The first-order valence-electron chi connectivity index (χ1n) is 4.99. The van der Waals surface area contributed by atoms with Crippen molar-refractivity contribution < 1.29 is 5.11 Å². The second-order valence-electron chi connectivity index (χ2n) is 3.07. The topological polar surface area (TPSA) is 38.0 Å². The van der Waals surface area contributed by atoms with Gasteiger partial charge in [-0.1, -0.05) is 12.8 Å². The van der Waals surface area contributed by atoms with Crippen molar-refractivity contribution >= 4 is 0 Å². The average Bonchev–Trinajstić information content (AvgIpc) is 2.61. The molecule has 0 radical (unpaired) electrons. The molecule has 0 aliphatic heterocycles. The maximum Gasteiger partial charge on any atom is 0.185 e. The summed E-state index contributed by atoms with van der Waals surface area (Å²) in [5, 5.41) is 8.57. The first-order valence-corrected chi connectivity index (χ1v) is 4.99. The highest BCUT2D eigenvalue weighted by molar-refractivity contribution is 5.21. The summed E-state index contributed by atoms with van der Waals surface area (Å²) in [6.07, 6.45) is 6.27. The Labute approximate surface area is 84.8 Å². The van der Waals surface area contributed by atoms with Gasteiger partial charge >= 0.3 is 0 Å². The van der Waals surface area contributed by atoms with Crippen LogP contribution in [0.1, 0.15) is 32.0 Å². The van der Waals surface area contributed by atoms with Crippen LogP contribution in [0.4, 0.5) is 0 Å². The molecular weight excluding hydrogens is 176 g/mol. The molecule has 0 unspecified atom stereocenters. The third-order valence-corrected chi connectivity index (χ3v) is 1.84. The van der Waals surface area contributed by atoms with E-state index in [1.165, 1.54) is 0 Å². The maximum atomic E-state index is 8.57. The number of aromatic nitrogens is 2. The number of aliphatic hydroxyl groups excluding tert-OH is 1. The van der Waals surface area contributed by atoms with Gasteiger partial charge in [-0.15, -0.1) is 0 Å². The van der Waals surface area contributed by atoms with Gasteiger partial charge in [-0.2, -0.15) is 0 Å². The van der Waals surface area contributed by atoms with Crippen LogP contribution < -0.4 is 0 Å². The Morgan fingerprint density at radius 3 is 3.14 bits per heavy atom. The van der Waals surface area contributed by atoms with Gasteiger partial charge < -0.3 is 9.67 Å². The lowest BCUT2D eigenvalue weighted by Gasteiger charge is -1.99. The second-order valence-corrected chi connectivity index (χ2v) is 3.07. The molecule has 1 heterocycles. The van der Waals surface area contributed by atoms with Crippen LogP contribution >= 0.6 is 0 Å². The Morgan fingerprint density at radius 1 is 1.57 bits per heavy atom. The molecule has 0 fully saturated rings. The number of imidazole rings is 1. The molecule has 0 aliphatic carbocycles. The minimum Gasteiger partial charge on any atom is -0.396 e. The number of aryl methyl sites for hydroxylation is 1. The predicted octanol–water partition coefficient (Wildman–Crippen LogP) is 1.42. The van der Waals surface area contributed by atoms with Crippen molar-refractivity contribution in [3.8, 4) is 11.8 Å². The van der Waals surface area contributed by atoms with Crippen LogP contribution in [0.15, 0.2) is 12.4 Å². The molecule has 14 heavy (non-hydrogen) atoms. The number of nitrogens with zero attached hydrogens (tertiary/aromatic N) is 2. The molecule has 1 aromatic rings. The van der Waals surface area contributed by atoms with E-state index < -0.39 is 0 Å².